The van der Waals surface area contributed by atoms with Crippen LogP contribution < -0.4 is 10.1 Å². The molecule has 6 heteroatoms. The van der Waals surface area contributed by atoms with Crippen molar-refractivity contribution in [3.8, 4) is 5.75 Å². The summed E-state index contributed by atoms with van der Waals surface area (Å²) in [5.41, 5.74) is 1.30. The molecule has 4 rings (SSSR count). The summed E-state index contributed by atoms with van der Waals surface area (Å²) in [5, 5.41) is 3.20. The van der Waals surface area contributed by atoms with E-state index >= 15 is 0 Å². The summed E-state index contributed by atoms with van der Waals surface area (Å²) in [4.78, 5) is 27.7. The molecule has 0 spiro atoms. The van der Waals surface area contributed by atoms with Gasteiger partial charge in [-0.2, -0.15) is 0 Å². The van der Waals surface area contributed by atoms with E-state index in [1.54, 1.807) is 12.1 Å². The molecule has 1 amide bonds. The molecule has 2 fully saturated rings. The molecule has 0 radical (unpaired) electrons. The van der Waals surface area contributed by atoms with Gasteiger partial charge in [0.05, 0.1) is 6.61 Å². The van der Waals surface area contributed by atoms with Gasteiger partial charge >= 0.3 is 0 Å². The predicted octanol–water partition coefficient (Wildman–Crippen LogP) is 5.50. The lowest BCUT2D eigenvalue weighted by atomic mass is 9.83. The molecule has 2 aromatic rings. The zero-order valence-electron chi connectivity index (χ0n) is 20.7. The number of carbonyl (C=O) groups excluding carboxylic acids is 2. The predicted molar refractivity (Wildman–Crippen MR) is 135 cm³/mol. The highest BCUT2D eigenvalue weighted by atomic mass is 19.1. The third-order valence-electron chi connectivity index (χ3n) is 7.55. The van der Waals surface area contributed by atoms with Crippen LogP contribution in [0.3, 0.4) is 0 Å². The SMILES string of the molecule is CCOc1ccc(C(=O)NC2CCC(CCN3CCC(C(=O)c4ccc(F)cc4)CC3)CC2)cc1. The van der Waals surface area contributed by atoms with Crippen molar-refractivity contribution in [3.05, 3.63) is 65.5 Å². The number of Topliss-reactive ketones (excluding diaryl/α,β-unsaturated/α-hetero) is 1. The van der Waals surface area contributed by atoms with Gasteiger partial charge in [-0.25, -0.2) is 4.39 Å². The smallest absolute Gasteiger partial charge is 0.251 e. The van der Waals surface area contributed by atoms with Crippen LogP contribution >= 0.6 is 0 Å². The van der Waals surface area contributed by atoms with E-state index in [0.717, 1.165) is 63.9 Å². The van der Waals surface area contributed by atoms with Crippen LogP contribution in [0.2, 0.25) is 0 Å². The number of benzene rings is 2. The Labute approximate surface area is 208 Å². The normalized spacial score (nSPS) is 21.4. The third-order valence-corrected chi connectivity index (χ3v) is 7.55. The third kappa shape index (κ3) is 7.14. The summed E-state index contributed by atoms with van der Waals surface area (Å²) in [7, 11) is 0. The fraction of sp³-hybridized carbons (Fsp3) is 0.517. The number of ketones is 1. The summed E-state index contributed by atoms with van der Waals surface area (Å²) >= 11 is 0. The highest BCUT2D eigenvalue weighted by Gasteiger charge is 2.27. The van der Waals surface area contributed by atoms with Crippen molar-refractivity contribution >= 4 is 11.7 Å². The minimum atomic E-state index is -0.305. The van der Waals surface area contributed by atoms with Crippen molar-refractivity contribution in [1.82, 2.24) is 10.2 Å². The maximum absolute atomic E-state index is 13.1. The molecule has 1 saturated carbocycles. The molecule has 5 nitrogen and oxygen atoms in total. The van der Waals surface area contributed by atoms with Crippen molar-refractivity contribution in [2.75, 3.05) is 26.2 Å². The number of nitrogens with one attached hydrogen (secondary N) is 1. The van der Waals surface area contributed by atoms with Crippen LogP contribution in [0.25, 0.3) is 0 Å². The van der Waals surface area contributed by atoms with Crippen LogP contribution in [-0.4, -0.2) is 48.9 Å². The lowest BCUT2D eigenvalue weighted by Gasteiger charge is -2.34. The van der Waals surface area contributed by atoms with Crippen molar-refractivity contribution in [2.45, 2.75) is 57.9 Å². The second-order valence-electron chi connectivity index (χ2n) is 9.92. The highest BCUT2D eigenvalue weighted by Crippen LogP contribution is 2.29. The number of likely N-dealkylation sites (tertiary alicyclic amines) is 1. The lowest BCUT2D eigenvalue weighted by Crippen LogP contribution is -2.39. The molecule has 2 aromatic carbocycles. The number of ether oxygens (including phenoxy) is 1. The first-order valence-corrected chi connectivity index (χ1v) is 13.1. The summed E-state index contributed by atoms with van der Waals surface area (Å²) in [6.45, 7) is 5.53. The summed E-state index contributed by atoms with van der Waals surface area (Å²) < 4.78 is 18.6. The zero-order chi connectivity index (χ0) is 24.6. The number of amides is 1. The van der Waals surface area contributed by atoms with Crippen molar-refractivity contribution in [1.29, 1.82) is 0 Å². The van der Waals surface area contributed by atoms with E-state index in [1.807, 2.05) is 31.2 Å². The monoisotopic (exact) mass is 480 g/mol. The van der Waals surface area contributed by atoms with E-state index in [4.69, 9.17) is 4.74 Å². The minimum Gasteiger partial charge on any atom is -0.494 e. The molecule has 1 saturated heterocycles. The second kappa shape index (κ2) is 12.3. The average molecular weight is 481 g/mol. The molecule has 0 atom stereocenters. The Morgan fingerprint density at radius 1 is 0.914 bits per heavy atom. The molecule has 1 heterocycles. The Morgan fingerprint density at radius 2 is 1.54 bits per heavy atom. The van der Waals surface area contributed by atoms with Crippen LogP contribution in [0, 0.1) is 17.7 Å². The minimum absolute atomic E-state index is 0.00504. The number of rotatable bonds is 9. The molecule has 188 valence electrons. The van der Waals surface area contributed by atoms with Gasteiger partial charge in [0.15, 0.2) is 5.78 Å². The Hall–Kier alpha value is -2.73. The largest absolute Gasteiger partial charge is 0.494 e. The fourth-order valence-electron chi connectivity index (χ4n) is 5.37. The van der Waals surface area contributed by atoms with Gasteiger partial charge in [0.25, 0.3) is 5.91 Å². The van der Waals surface area contributed by atoms with E-state index in [1.165, 1.54) is 18.6 Å². The van der Waals surface area contributed by atoms with Crippen LogP contribution in [0.15, 0.2) is 48.5 Å². The number of nitrogens with zero attached hydrogens (tertiary/aromatic N) is 1. The first-order valence-electron chi connectivity index (χ1n) is 13.1. The first kappa shape index (κ1) is 25.4. The van der Waals surface area contributed by atoms with Gasteiger partial charge in [0.2, 0.25) is 0 Å². The number of hydrogen-bond acceptors (Lipinski definition) is 4. The van der Waals surface area contributed by atoms with Gasteiger partial charge in [0, 0.05) is 23.1 Å². The van der Waals surface area contributed by atoms with Gasteiger partial charge in [-0.15, -0.1) is 0 Å². The average Bonchev–Trinajstić information content (AvgIpc) is 2.89. The van der Waals surface area contributed by atoms with Crippen LogP contribution in [0.1, 0.15) is 72.6 Å². The van der Waals surface area contributed by atoms with Gasteiger partial charge in [-0.1, -0.05) is 0 Å². The number of halogens is 1. The molecule has 0 bridgehead atoms. The van der Waals surface area contributed by atoms with E-state index < -0.39 is 0 Å². The molecule has 0 aromatic heterocycles. The Bertz CT molecular complexity index is 960. The molecule has 0 unspecified atom stereocenters. The van der Waals surface area contributed by atoms with E-state index in [-0.39, 0.29) is 29.5 Å². The Kier molecular flexibility index (Phi) is 8.91. The second-order valence-corrected chi connectivity index (χ2v) is 9.92. The molecule has 1 aliphatic carbocycles. The molecule has 1 aliphatic heterocycles. The maximum Gasteiger partial charge on any atom is 0.251 e. The highest BCUT2D eigenvalue weighted by molar-refractivity contribution is 5.97. The molecular formula is C29H37FN2O3. The Morgan fingerprint density at radius 3 is 2.17 bits per heavy atom. The molecule has 2 aliphatic rings. The van der Waals surface area contributed by atoms with Crippen molar-refractivity contribution in [2.24, 2.45) is 11.8 Å². The van der Waals surface area contributed by atoms with Crippen LogP contribution in [-0.2, 0) is 0 Å². The number of piperidine rings is 1. The Balaban J connectivity index is 1.13. The van der Waals surface area contributed by atoms with Gasteiger partial charge < -0.3 is 15.0 Å². The van der Waals surface area contributed by atoms with Crippen LogP contribution in [0.5, 0.6) is 5.75 Å². The summed E-state index contributed by atoms with van der Waals surface area (Å²) in [6.07, 6.45) is 7.28. The summed E-state index contributed by atoms with van der Waals surface area (Å²) in [6, 6.07) is 13.5. The van der Waals surface area contributed by atoms with Crippen molar-refractivity contribution < 1.29 is 18.7 Å². The van der Waals surface area contributed by atoms with Gasteiger partial charge in [-0.05, 0) is 126 Å². The van der Waals surface area contributed by atoms with Gasteiger partial charge in [-0.3, -0.25) is 9.59 Å². The van der Waals surface area contributed by atoms with E-state index in [9.17, 15) is 14.0 Å². The number of carbonyl (C=O) groups is 2. The molecular weight excluding hydrogens is 443 g/mol. The van der Waals surface area contributed by atoms with Gasteiger partial charge in [0.1, 0.15) is 11.6 Å². The quantitative estimate of drug-likeness (QED) is 0.482. The molecule has 35 heavy (non-hydrogen) atoms. The summed E-state index contributed by atoms with van der Waals surface area (Å²) in [5.74, 6) is 1.37. The maximum atomic E-state index is 13.1. The van der Waals surface area contributed by atoms with E-state index in [2.05, 4.69) is 10.2 Å². The zero-order valence-corrected chi connectivity index (χ0v) is 20.7. The van der Waals surface area contributed by atoms with Crippen molar-refractivity contribution in [3.63, 3.8) is 0 Å². The number of hydrogen-bond donors (Lipinski definition) is 1. The standard InChI is InChI=1S/C29H37FN2O3/c1-2-35-27-13-7-24(8-14-27)29(34)31-26-11-3-21(4-12-26)15-18-32-19-16-23(17-20-32)28(33)22-5-9-25(30)10-6-22/h5-10,13-14,21,23,26H,2-4,11-12,15-20H2,1H3,(H,31,34). The first-order chi connectivity index (χ1) is 17.0. The fourth-order valence-corrected chi connectivity index (χ4v) is 5.37. The van der Waals surface area contributed by atoms with Crippen LogP contribution in [0.4, 0.5) is 4.39 Å². The van der Waals surface area contributed by atoms with E-state index in [0.29, 0.717) is 23.7 Å². The topological polar surface area (TPSA) is 58.6 Å². The lowest BCUT2D eigenvalue weighted by molar-refractivity contribution is 0.0832. The molecule has 1 N–H and O–H groups in total.